The van der Waals surface area contributed by atoms with Crippen molar-refractivity contribution in [2.75, 3.05) is 19.4 Å². The highest BCUT2D eigenvalue weighted by Crippen LogP contribution is 1.81. The van der Waals surface area contributed by atoms with Crippen molar-refractivity contribution < 1.29 is 5.11 Å². The molecule has 0 aromatic heterocycles. The first-order valence-corrected chi connectivity index (χ1v) is 2.87. The Hall–Kier alpha value is 0.270. The Labute approximate surface area is 49.3 Å². The Balaban J connectivity index is 2.99. The van der Waals surface area contributed by atoms with Crippen molar-refractivity contribution >= 4 is 12.6 Å². The molecule has 0 aliphatic rings. The SMILES string of the molecule is CN[C@@H](CO)CS. The minimum atomic E-state index is 0.156. The van der Waals surface area contributed by atoms with E-state index in [0.717, 1.165) is 0 Å². The summed E-state index contributed by atoms with van der Waals surface area (Å²) in [5.41, 5.74) is 0. The number of rotatable bonds is 3. The molecule has 0 saturated carbocycles. The van der Waals surface area contributed by atoms with E-state index in [9.17, 15) is 0 Å². The molecular formula is C4H11NOS. The third-order valence-corrected chi connectivity index (χ3v) is 1.29. The monoisotopic (exact) mass is 121 g/mol. The standard InChI is InChI=1S/C4H11NOS/c1-5-4(2-6)3-7/h4-7H,2-3H2,1H3/t4-/m0/s1. The number of likely N-dealkylation sites (N-methyl/N-ethyl adjacent to an activating group) is 1. The fourth-order valence-corrected chi connectivity index (χ4v) is 0.538. The van der Waals surface area contributed by atoms with Crippen LogP contribution in [0.1, 0.15) is 0 Å². The van der Waals surface area contributed by atoms with Gasteiger partial charge in [-0.2, -0.15) is 12.6 Å². The summed E-state index contributed by atoms with van der Waals surface area (Å²) >= 11 is 3.95. The van der Waals surface area contributed by atoms with Crippen molar-refractivity contribution in [3.05, 3.63) is 0 Å². The highest BCUT2D eigenvalue weighted by Gasteiger charge is 1.96. The predicted molar refractivity (Wildman–Crippen MR) is 33.8 cm³/mol. The lowest BCUT2D eigenvalue weighted by Gasteiger charge is -2.06. The normalized spacial score (nSPS) is 14.1. The number of hydrogen-bond acceptors (Lipinski definition) is 3. The highest BCUT2D eigenvalue weighted by atomic mass is 32.1. The quantitative estimate of drug-likeness (QED) is 0.440. The van der Waals surface area contributed by atoms with Crippen LogP contribution in [0.5, 0.6) is 0 Å². The molecule has 0 unspecified atom stereocenters. The second kappa shape index (κ2) is 4.43. The number of aliphatic hydroxyl groups is 1. The minimum absolute atomic E-state index is 0.156. The Bertz CT molecular complexity index is 33.2. The van der Waals surface area contributed by atoms with Gasteiger partial charge in [0.15, 0.2) is 0 Å². The first-order valence-electron chi connectivity index (χ1n) is 2.24. The molecule has 0 aromatic rings. The van der Waals surface area contributed by atoms with E-state index in [1.54, 1.807) is 7.05 Å². The summed E-state index contributed by atoms with van der Waals surface area (Å²) in [5, 5.41) is 11.3. The molecule has 0 amide bonds. The zero-order valence-electron chi connectivity index (χ0n) is 4.39. The lowest BCUT2D eigenvalue weighted by Crippen LogP contribution is -2.30. The van der Waals surface area contributed by atoms with Gasteiger partial charge in [0.25, 0.3) is 0 Å². The molecule has 0 radical (unpaired) electrons. The lowest BCUT2D eigenvalue weighted by atomic mass is 10.4. The topological polar surface area (TPSA) is 32.3 Å². The van der Waals surface area contributed by atoms with E-state index in [1.807, 2.05) is 0 Å². The van der Waals surface area contributed by atoms with Crippen LogP contribution in [0.15, 0.2) is 0 Å². The van der Waals surface area contributed by atoms with Crippen LogP contribution in [-0.2, 0) is 0 Å². The molecule has 2 nitrogen and oxygen atoms in total. The van der Waals surface area contributed by atoms with Crippen LogP contribution in [0.3, 0.4) is 0 Å². The van der Waals surface area contributed by atoms with E-state index in [-0.39, 0.29) is 12.6 Å². The summed E-state index contributed by atoms with van der Waals surface area (Å²) in [4.78, 5) is 0. The summed E-state index contributed by atoms with van der Waals surface area (Å²) < 4.78 is 0. The van der Waals surface area contributed by atoms with Gasteiger partial charge in [-0.25, -0.2) is 0 Å². The summed E-state index contributed by atoms with van der Waals surface area (Å²) in [7, 11) is 1.80. The van der Waals surface area contributed by atoms with E-state index in [0.29, 0.717) is 5.75 Å². The summed E-state index contributed by atoms with van der Waals surface area (Å²) in [5.74, 6) is 0.688. The van der Waals surface area contributed by atoms with Gasteiger partial charge >= 0.3 is 0 Å². The summed E-state index contributed by atoms with van der Waals surface area (Å²) in [6, 6.07) is 0.156. The van der Waals surface area contributed by atoms with E-state index >= 15 is 0 Å². The van der Waals surface area contributed by atoms with Gasteiger partial charge in [0.05, 0.1) is 6.61 Å². The lowest BCUT2D eigenvalue weighted by molar-refractivity contribution is 0.260. The average molecular weight is 121 g/mol. The van der Waals surface area contributed by atoms with E-state index in [1.165, 1.54) is 0 Å². The zero-order valence-corrected chi connectivity index (χ0v) is 5.28. The number of nitrogens with one attached hydrogen (secondary N) is 1. The molecule has 1 atom stereocenters. The molecule has 3 heteroatoms. The van der Waals surface area contributed by atoms with Crippen LogP contribution < -0.4 is 5.32 Å². The van der Waals surface area contributed by atoms with Crippen LogP contribution >= 0.6 is 12.6 Å². The maximum Gasteiger partial charge on any atom is 0.0592 e. The van der Waals surface area contributed by atoms with Gasteiger partial charge in [0, 0.05) is 11.8 Å². The number of aliphatic hydroxyl groups excluding tert-OH is 1. The smallest absolute Gasteiger partial charge is 0.0592 e. The van der Waals surface area contributed by atoms with Crippen molar-refractivity contribution in [3.63, 3.8) is 0 Å². The van der Waals surface area contributed by atoms with Crippen LogP contribution in [-0.4, -0.2) is 30.6 Å². The molecule has 0 rings (SSSR count). The van der Waals surface area contributed by atoms with Gasteiger partial charge < -0.3 is 10.4 Å². The van der Waals surface area contributed by atoms with E-state index in [2.05, 4.69) is 17.9 Å². The minimum Gasteiger partial charge on any atom is -0.395 e. The van der Waals surface area contributed by atoms with Gasteiger partial charge in [0.1, 0.15) is 0 Å². The molecule has 0 aromatic carbocycles. The number of thiol groups is 1. The first-order chi connectivity index (χ1) is 3.35. The molecule has 0 heterocycles. The van der Waals surface area contributed by atoms with Gasteiger partial charge in [-0.15, -0.1) is 0 Å². The van der Waals surface area contributed by atoms with Crippen LogP contribution in [0.4, 0.5) is 0 Å². The van der Waals surface area contributed by atoms with Crippen LogP contribution in [0, 0.1) is 0 Å². The molecule has 0 saturated heterocycles. The molecule has 0 bridgehead atoms. The summed E-state index contributed by atoms with van der Waals surface area (Å²) in [6.45, 7) is 0.167. The second-order valence-electron chi connectivity index (χ2n) is 1.35. The number of hydrogen-bond donors (Lipinski definition) is 3. The average Bonchev–Trinajstić information content (AvgIpc) is 1.72. The molecule has 44 valence electrons. The van der Waals surface area contributed by atoms with Crippen molar-refractivity contribution in [1.29, 1.82) is 0 Å². The maximum atomic E-state index is 8.41. The second-order valence-corrected chi connectivity index (χ2v) is 1.72. The van der Waals surface area contributed by atoms with Gasteiger partial charge in [-0.3, -0.25) is 0 Å². The Morgan fingerprint density at radius 3 is 2.43 bits per heavy atom. The highest BCUT2D eigenvalue weighted by molar-refractivity contribution is 7.80. The molecule has 0 aliphatic carbocycles. The van der Waals surface area contributed by atoms with E-state index in [4.69, 9.17) is 5.11 Å². The van der Waals surface area contributed by atoms with Gasteiger partial charge in [-0.05, 0) is 7.05 Å². The van der Waals surface area contributed by atoms with Crippen molar-refractivity contribution in [1.82, 2.24) is 5.32 Å². The molecule has 7 heavy (non-hydrogen) atoms. The molecule has 2 N–H and O–H groups in total. The van der Waals surface area contributed by atoms with Crippen LogP contribution in [0.25, 0.3) is 0 Å². The van der Waals surface area contributed by atoms with Crippen molar-refractivity contribution in [3.8, 4) is 0 Å². The molecular weight excluding hydrogens is 110 g/mol. The first kappa shape index (κ1) is 7.27. The van der Waals surface area contributed by atoms with Crippen molar-refractivity contribution in [2.24, 2.45) is 0 Å². The van der Waals surface area contributed by atoms with Crippen LogP contribution in [0.2, 0.25) is 0 Å². The fourth-order valence-electron chi connectivity index (χ4n) is 0.240. The predicted octanol–water partition coefficient (Wildman–Crippen LogP) is -0.504. The zero-order chi connectivity index (χ0) is 5.70. The van der Waals surface area contributed by atoms with Gasteiger partial charge in [-0.1, -0.05) is 0 Å². The Kier molecular flexibility index (Phi) is 4.60. The Morgan fingerprint density at radius 1 is 1.86 bits per heavy atom. The largest absolute Gasteiger partial charge is 0.395 e. The molecule has 0 aliphatic heterocycles. The fraction of sp³-hybridized carbons (Fsp3) is 1.00. The third-order valence-electron chi connectivity index (χ3n) is 0.849. The molecule has 0 spiro atoms. The summed E-state index contributed by atoms with van der Waals surface area (Å²) in [6.07, 6.45) is 0. The van der Waals surface area contributed by atoms with Crippen molar-refractivity contribution in [2.45, 2.75) is 6.04 Å². The van der Waals surface area contributed by atoms with Gasteiger partial charge in [0.2, 0.25) is 0 Å². The Morgan fingerprint density at radius 2 is 2.43 bits per heavy atom. The maximum absolute atomic E-state index is 8.41. The molecule has 0 fully saturated rings. The third kappa shape index (κ3) is 2.91. The van der Waals surface area contributed by atoms with E-state index < -0.39 is 0 Å².